The molecular formula is C11H19ClN4O4. The molecule has 114 valence electrons. The molecule has 0 saturated carbocycles. The lowest BCUT2D eigenvalue weighted by molar-refractivity contribution is -0.141. The number of hydrogen-bond donors (Lipinski definition) is 3. The second-order valence-electron chi connectivity index (χ2n) is 4.50. The Morgan fingerprint density at radius 1 is 1.35 bits per heavy atom. The number of halogens is 1. The van der Waals surface area contributed by atoms with Gasteiger partial charge in [0.05, 0.1) is 19.5 Å². The lowest BCUT2D eigenvalue weighted by Gasteiger charge is -2.19. The van der Waals surface area contributed by atoms with E-state index in [1.165, 1.54) is 0 Å². The zero-order valence-electron chi connectivity index (χ0n) is 11.3. The maximum Gasteiger partial charge on any atom is 0.252 e. The van der Waals surface area contributed by atoms with Gasteiger partial charge in [-0.15, -0.1) is 12.4 Å². The van der Waals surface area contributed by atoms with Crippen LogP contribution in [0.3, 0.4) is 0 Å². The van der Waals surface area contributed by atoms with Crippen LogP contribution in [-0.4, -0.2) is 53.7 Å². The maximum atomic E-state index is 11.9. The SMILES string of the molecule is CC(C)N1C(=O)CC(NC(=O)CNC(=O)CN)C1=O.Cl. The van der Waals surface area contributed by atoms with Crippen LogP contribution in [0, 0.1) is 0 Å². The predicted octanol–water partition coefficient (Wildman–Crippen LogP) is -1.86. The highest BCUT2D eigenvalue weighted by molar-refractivity contribution is 6.07. The fraction of sp³-hybridized carbons (Fsp3) is 0.636. The summed E-state index contributed by atoms with van der Waals surface area (Å²) in [5.74, 6) is -1.72. The molecule has 4 N–H and O–H groups in total. The van der Waals surface area contributed by atoms with Crippen molar-refractivity contribution in [1.82, 2.24) is 15.5 Å². The Bertz CT molecular complexity index is 413. The summed E-state index contributed by atoms with van der Waals surface area (Å²) in [4.78, 5) is 47.0. The molecule has 1 aliphatic heterocycles. The first-order valence-electron chi connectivity index (χ1n) is 5.98. The normalized spacial score (nSPS) is 18.0. The van der Waals surface area contributed by atoms with Crippen LogP contribution in [0.15, 0.2) is 0 Å². The van der Waals surface area contributed by atoms with Gasteiger partial charge in [0.15, 0.2) is 0 Å². The molecule has 9 heteroatoms. The molecule has 20 heavy (non-hydrogen) atoms. The molecule has 1 heterocycles. The molecule has 0 aliphatic carbocycles. The van der Waals surface area contributed by atoms with Gasteiger partial charge >= 0.3 is 0 Å². The van der Waals surface area contributed by atoms with Crippen LogP contribution in [0.4, 0.5) is 0 Å². The van der Waals surface area contributed by atoms with Crippen LogP contribution in [0.2, 0.25) is 0 Å². The number of nitrogens with two attached hydrogens (primary N) is 1. The Kier molecular flexibility index (Phi) is 7.16. The fourth-order valence-corrected chi connectivity index (χ4v) is 1.80. The number of imide groups is 1. The molecule has 1 fully saturated rings. The molecule has 0 aromatic carbocycles. The molecule has 8 nitrogen and oxygen atoms in total. The van der Waals surface area contributed by atoms with E-state index < -0.39 is 23.8 Å². The van der Waals surface area contributed by atoms with Gasteiger partial charge in [-0.05, 0) is 13.8 Å². The van der Waals surface area contributed by atoms with Gasteiger partial charge in [-0.2, -0.15) is 0 Å². The zero-order valence-corrected chi connectivity index (χ0v) is 12.2. The van der Waals surface area contributed by atoms with Gasteiger partial charge in [0.1, 0.15) is 6.04 Å². The summed E-state index contributed by atoms with van der Waals surface area (Å²) in [6.07, 6.45) is -0.0480. The number of amides is 4. The maximum absolute atomic E-state index is 11.9. The van der Waals surface area contributed by atoms with Gasteiger partial charge in [0.25, 0.3) is 5.91 Å². The van der Waals surface area contributed by atoms with Crippen molar-refractivity contribution in [3.8, 4) is 0 Å². The van der Waals surface area contributed by atoms with E-state index in [-0.39, 0.29) is 43.9 Å². The molecule has 1 aliphatic rings. The van der Waals surface area contributed by atoms with Crippen molar-refractivity contribution in [2.24, 2.45) is 5.73 Å². The zero-order chi connectivity index (χ0) is 14.6. The number of carbonyl (C=O) groups is 4. The van der Waals surface area contributed by atoms with Crippen LogP contribution in [-0.2, 0) is 19.2 Å². The third-order valence-electron chi connectivity index (χ3n) is 2.67. The molecule has 0 aromatic rings. The molecule has 0 aromatic heterocycles. The van der Waals surface area contributed by atoms with E-state index in [2.05, 4.69) is 10.6 Å². The van der Waals surface area contributed by atoms with Crippen molar-refractivity contribution in [3.63, 3.8) is 0 Å². The van der Waals surface area contributed by atoms with Crippen LogP contribution in [0.1, 0.15) is 20.3 Å². The summed E-state index contributed by atoms with van der Waals surface area (Å²) in [5.41, 5.74) is 5.06. The van der Waals surface area contributed by atoms with E-state index in [0.29, 0.717) is 0 Å². The quantitative estimate of drug-likeness (QED) is 0.514. The van der Waals surface area contributed by atoms with Gasteiger partial charge in [-0.3, -0.25) is 24.1 Å². The van der Waals surface area contributed by atoms with Crippen molar-refractivity contribution in [1.29, 1.82) is 0 Å². The summed E-state index contributed by atoms with van der Waals surface area (Å²) in [6.45, 7) is 2.97. The third kappa shape index (κ3) is 4.46. The molecule has 1 unspecified atom stereocenters. The molecular weight excluding hydrogens is 288 g/mol. The second kappa shape index (κ2) is 7.81. The number of carbonyl (C=O) groups excluding carboxylic acids is 4. The lowest BCUT2D eigenvalue weighted by atomic mass is 10.2. The van der Waals surface area contributed by atoms with Crippen LogP contribution in [0.25, 0.3) is 0 Å². The van der Waals surface area contributed by atoms with E-state index in [4.69, 9.17) is 5.73 Å². The molecule has 1 saturated heterocycles. The van der Waals surface area contributed by atoms with Crippen LogP contribution < -0.4 is 16.4 Å². The summed E-state index contributed by atoms with van der Waals surface area (Å²) in [5, 5.41) is 4.70. The summed E-state index contributed by atoms with van der Waals surface area (Å²) >= 11 is 0. The van der Waals surface area contributed by atoms with Crippen molar-refractivity contribution in [2.45, 2.75) is 32.4 Å². The molecule has 1 atom stereocenters. The molecule has 1 rings (SSSR count). The minimum absolute atomic E-state index is 0. The third-order valence-corrected chi connectivity index (χ3v) is 2.67. The standard InChI is InChI=1S/C11H18N4O4.ClH/c1-6(2)15-10(18)3-7(11(15)19)14-9(17)5-13-8(16)4-12;/h6-7H,3-5,12H2,1-2H3,(H,13,16)(H,14,17);1H. The topological polar surface area (TPSA) is 122 Å². The van der Waals surface area contributed by atoms with Gasteiger partial charge in [-0.25, -0.2) is 0 Å². The van der Waals surface area contributed by atoms with E-state index in [0.717, 1.165) is 4.90 Å². The van der Waals surface area contributed by atoms with E-state index in [9.17, 15) is 19.2 Å². The number of nitrogens with one attached hydrogen (secondary N) is 2. The van der Waals surface area contributed by atoms with E-state index in [1.54, 1.807) is 13.8 Å². The van der Waals surface area contributed by atoms with Gasteiger partial charge in [0, 0.05) is 6.04 Å². The summed E-state index contributed by atoms with van der Waals surface area (Å²) < 4.78 is 0. The minimum Gasteiger partial charge on any atom is -0.346 e. The monoisotopic (exact) mass is 306 g/mol. The average Bonchev–Trinajstić information content (AvgIpc) is 2.61. The Balaban J connectivity index is 0.00000361. The van der Waals surface area contributed by atoms with Crippen molar-refractivity contribution in [3.05, 3.63) is 0 Å². The largest absolute Gasteiger partial charge is 0.346 e. The van der Waals surface area contributed by atoms with Crippen molar-refractivity contribution < 1.29 is 19.2 Å². The summed E-state index contributed by atoms with van der Waals surface area (Å²) in [7, 11) is 0. The smallest absolute Gasteiger partial charge is 0.252 e. The fourth-order valence-electron chi connectivity index (χ4n) is 1.80. The summed E-state index contributed by atoms with van der Waals surface area (Å²) in [6, 6.07) is -1.09. The average molecular weight is 307 g/mol. The lowest BCUT2D eigenvalue weighted by Crippen LogP contribution is -2.47. The first-order chi connectivity index (χ1) is 8.86. The molecule has 0 spiro atoms. The van der Waals surface area contributed by atoms with Crippen LogP contribution in [0.5, 0.6) is 0 Å². The number of likely N-dealkylation sites (tertiary alicyclic amines) is 1. The number of hydrogen-bond acceptors (Lipinski definition) is 5. The van der Waals surface area contributed by atoms with E-state index in [1.807, 2.05) is 0 Å². The Labute approximate surface area is 122 Å². The van der Waals surface area contributed by atoms with Gasteiger partial charge in [0.2, 0.25) is 17.7 Å². The Morgan fingerprint density at radius 3 is 2.40 bits per heavy atom. The molecule has 4 amide bonds. The highest BCUT2D eigenvalue weighted by Gasteiger charge is 2.40. The van der Waals surface area contributed by atoms with Gasteiger partial charge in [-0.1, -0.05) is 0 Å². The first kappa shape index (κ1) is 18.3. The molecule has 0 radical (unpaired) electrons. The highest BCUT2D eigenvalue weighted by Crippen LogP contribution is 2.15. The van der Waals surface area contributed by atoms with E-state index >= 15 is 0 Å². The minimum atomic E-state index is -0.850. The van der Waals surface area contributed by atoms with Crippen molar-refractivity contribution >= 4 is 36.0 Å². The number of rotatable bonds is 5. The predicted molar refractivity (Wildman–Crippen MR) is 72.8 cm³/mol. The number of nitrogens with zero attached hydrogens (tertiary/aromatic N) is 1. The first-order valence-corrected chi connectivity index (χ1v) is 5.98. The highest BCUT2D eigenvalue weighted by atomic mass is 35.5. The Morgan fingerprint density at radius 2 is 1.95 bits per heavy atom. The van der Waals surface area contributed by atoms with Crippen molar-refractivity contribution in [2.75, 3.05) is 13.1 Å². The van der Waals surface area contributed by atoms with Gasteiger partial charge < -0.3 is 16.4 Å². The molecule has 0 bridgehead atoms. The Hall–Kier alpha value is -1.67. The van der Waals surface area contributed by atoms with Crippen LogP contribution >= 0.6 is 12.4 Å². The second-order valence-corrected chi connectivity index (χ2v) is 4.50.